The van der Waals surface area contributed by atoms with Crippen LogP contribution in [0.25, 0.3) is 10.2 Å². The zero-order valence-corrected chi connectivity index (χ0v) is 15.3. The first kappa shape index (κ1) is 16.5. The van der Waals surface area contributed by atoms with Gasteiger partial charge in [0.05, 0.1) is 20.1 Å². The van der Waals surface area contributed by atoms with Crippen LogP contribution in [0.3, 0.4) is 0 Å². The maximum absolute atomic E-state index is 12.8. The Morgan fingerprint density at radius 1 is 1.04 bits per heavy atom. The Labute approximate surface area is 151 Å². The minimum absolute atomic E-state index is 0.306. The fourth-order valence-electron chi connectivity index (χ4n) is 3.20. The van der Waals surface area contributed by atoms with Crippen LogP contribution >= 0.6 is 11.3 Å². The molecule has 2 heterocycles. The number of aromatic nitrogens is 1. The lowest BCUT2D eigenvalue weighted by molar-refractivity contribution is 0.319. The van der Waals surface area contributed by atoms with Crippen molar-refractivity contribution >= 4 is 37.3 Å². The first-order chi connectivity index (χ1) is 12.0. The number of hydrogen-bond acceptors (Lipinski definition) is 5. The molecule has 2 N–H and O–H groups in total. The van der Waals surface area contributed by atoms with Gasteiger partial charge in [0, 0.05) is 24.7 Å². The number of nitrogens with two attached hydrogens (primary N) is 1. The average molecular weight is 374 g/mol. The number of nitrogens with zero attached hydrogens (tertiary/aromatic N) is 2. The fraction of sp³-hybridized carbons (Fsp3) is 0.278. The van der Waals surface area contributed by atoms with E-state index >= 15 is 0 Å². The third-order valence-corrected chi connectivity index (χ3v) is 7.74. The van der Waals surface area contributed by atoms with Crippen LogP contribution in [0.4, 0.5) is 5.69 Å². The van der Waals surface area contributed by atoms with Gasteiger partial charge in [-0.2, -0.15) is 4.31 Å². The Kier molecular flexibility index (Phi) is 4.23. The van der Waals surface area contributed by atoms with Crippen LogP contribution in [0.2, 0.25) is 0 Å². The Morgan fingerprint density at radius 3 is 2.40 bits per heavy atom. The summed E-state index contributed by atoms with van der Waals surface area (Å²) in [4.78, 5) is 5.03. The third-order valence-electron chi connectivity index (χ3n) is 4.63. The van der Waals surface area contributed by atoms with Crippen molar-refractivity contribution in [3.05, 3.63) is 53.5 Å². The molecule has 1 fully saturated rings. The topological polar surface area (TPSA) is 76.3 Å². The van der Waals surface area contributed by atoms with Crippen molar-refractivity contribution in [1.82, 2.24) is 9.29 Å². The van der Waals surface area contributed by atoms with E-state index in [-0.39, 0.29) is 0 Å². The summed E-state index contributed by atoms with van der Waals surface area (Å²) < 4.78 is 28.3. The molecule has 0 amide bonds. The molecular formula is C18H19N3O2S2. The van der Waals surface area contributed by atoms with Gasteiger partial charge in [-0.05, 0) is 49.2 Å². The molecule has 5 nitrogen and oxygen atoms in total. The van der Waals surface area contributed by atoms with E-state index < -0.39 is 10.0 Å². The largest absolute Gasteiger partial charge is 0.399 e. The second kappa shape index (κ2) is 6.40. The normalized spacial score (nSPS) is 17.1. The number of benzene rings is 2. The number of thiazole rings is 1. The van der Waals surface area contributed by atoms with Crippen molar-refractivity contribution in [2.75, 3.05) is 18.8 Å². The van der Waals surface area contributed by atoms with Crippen molar-refractivity contribution in [3.8, 4) is 0 Å². The maximum atomic E-state index is 12.8. The summed E-state index contributed by atoms with van der Waals surface area (Å²) in [6.07, 6.45) is 1.60. The molecule has 0 saturated carbocycles. The number of fused-ring (bicyclic) bond motifs is 1. The van der Waals surface area contributed by atoms with Crippen molar-refractivity contribution < 1.29 is 8.42 Å². The minimum Gasteiger partial charge on any atom is -0.399 e. The highest BCUT2D eigenvalue weighted by Crippen LogP contribution is 2.35. The molecule has 1 aliphatic heterocycles. The van der Waals surface area contributed by atoms with Gasteiger partial charge in [0.25, 0.3) is 0 Å². The van der Waals surface area contributed by atoms with E-state index in [2.05, 4.69) is 6.07 Å². The third kappa shape index (κ3) is 3.15. The molecule has 3 aromatic rings. The molecule has 0 spiro atoms. The van der Waals surface area contributed by atoms with Gasteiger partial charge in [-0.1, -0.05) is 12.1 Å². The SMILES string of the molecule is Nc1ccc(S(=O)(=O)N2CCC(c3nc4ccccc4s3)CC2)cc1. The standard InChI is InChI=1S/C18H19N3O2S2/c19-14-5-7-15(8-6-14)25(22,23)21-11-9-13(10-12-21)18-20-16-3-1-2-4-17(16)24-18/h1-8,13H,9-12,19H2. The Morgan fingerprint density at radius 2 is 1.72 bits per heavy atom. The number of anilines is 1. The molecule has 4 rings (SSSR count). The molecule has 1 aliphatic rings. The van der Waals surface area contributed by atoms with Crippen LogP contribution in [0.5, 0.6) is 0 Å². The molecule has 2 aromatic carbocycles. The second-order valence-corrected chi connectivity index (χ2v) is 9.27. The molecule has 1 aromatic heterocycles. The molecule has 0 unspecified atom stereocenters. The first-order valence-electron chi connectivity index (χ1n) is 8.25. The van der Waals surface area contributed by atoms with Crippen molar-refractivity contribution in [1.29, 1.82) is 0 Å². The summed E-state index contributed by atoms with van der Waals surface area (Å²) in [5.74, 6) is 0.329. The molecular weight excluding hydrogens is 354 g/mol. The van der Waals surface area contributed by atoms with Crippen molar-refractivity contribution in [2.45, 2.75) is 23.7 Å². The van der Waals surface area contributed by atoms with Gasteiger partial charge < -0.3 is 5.73 Å². The average Bonchev–Trinajstić information content (AvgIpc) is 3.06. The van der Waals surface area contributed by atoms with Gasteiger partial charge >= 0.3 is 0 Å². The van der Waals surface area contributed by atoms with E-state index in [1.165, 1.54) is 4.70 Å². The van der Waals surface area contributed by atoms with E-state index in [1.807, 2.05) is 18.2 Å². The van der Waals surface area contributed by atoms with Crippen LogP contribution in [-0.2, 0) is 10.0 Å². The van der Waals surface area contributed by atoms with Gasteiger partial charge in [-0.3, -0.25) is 0 Å². The summed E-state index contributed by atoms with van der Waals surface area (Å²) in [5, 5.41) is 1.12. The maximum Gasteiger partial charge on any atom is 0.243 e. The predicted octanol–water partition coefficient (Wildman–Crippen LogP) is 3.45. The Hall–Kier alpha value is -1.96. The number of para-hydroxylation sites is 1. The van der Waals surface area contributed by atoms with Crippen molar-refractivity contribution in [2.24, 2.45) is 0 Å². The minimum atomic E-state index is -3.45. The van der Waals surface area contributed by atoms with Crippen LogP contribution in [0.15, 0.2) is 53.4 Å². The molecule has 1 saturated heterocycles. The van der Waals surface area contributed by atoms with Gasteiger partial charge in [0.2, 0.25) is 10.0 Å². The van der Waals surface area contributed by atoms with E-state index in [0.717, 1.165) is 23.4 Å². The lowest BCUT2D eigenvalue weighted by atomic mass is 9.99. The van der Waals surface area contributed by atoms with Gasteiger partial charge in [0.1, 0.15) is 0 Å². The van der Waals surface area contributed by atoms with Crippen LogP contribution in [0, 0.1) is 0 Å². The molecule has 0 bridgehead atoms. The summed E-state index contributed by atoms with van der Waals surface area (Å²) in [6.45, 7) is 1.04. The highest BCUT2D eigenvalue weighted by Gasteiger charge is 2.31. The zero-order valence-electron chi connectivity index (χ0n) is 13.6. The van der Waals surface area contributed by atoms with Gasteiger partial charge in [-0.15, -0.1) is 11.3 Å². The smallest absolute Gasteiger partial charge is 0.243 e. The second-order valence-electron chi connectivity index (χ2n) is 6.27. The lowest BCUT2D eigenvalue weighted by Crippen LogP contribution is -2.37. The van der Waals surface area contributed by atoms with E-state index in [1.54, 1.807) is 39.9 Å². The van der Waals surface area contributed by atoms with Gasteiger partial charge in [0.15, 0.2) is 0 Å². The summed E-state index contributed by atoms with van der Waals surface area (Å²) in [6, 6.07) is 14.5. The number of hydrogen-bond donors (Lipinski definition) is 1. The number of piperidine rings is 1. The zero-order chi connectivity index (χ0) is 17.4. The highest BCUT2D eigenvalue weighted by atomic mass is 32.2. The van der Waals surface area contributed by atoms with Crippen LogP contribution in [-0.4, -0.2) is 30.8 Å². The Balaban J connectivity index is 1.50. The molecule has 0 atom stereocenters. The van der Waals surface area contributed by atoms with E-state index in [4.69, 9.17) is 10.7 Å². The summed E-state index contributed by atoms with van der Waals surface area (Å²) in [5.41, 5.74) is 7.24. The molecule has 0 aliphatic carbocycles. The first-order valence-corrected chi connectivity index (χ1v) is 10.5. The fourth-order valence-corrected chi connectivity index (χ4v) is 5.80. The summed E-state index contributed by atoms with van der Waals surface area (Å²) >= 11 is 1.72. The van der Waals surface area contributed by atoms with E-state index in [9.17, 15) is 8.42 Å². The quantitative estimate of drug-likeness (QED) is 0.714. The van der Waals surface area contributed by atoms with Crippen LogP contribution < -0.4 is 5.73 Å². The lowest BCUT2D eigenvalue weighted by Gasteiger charge is -2.30. The highest BCUT2D eigenvalue weighted by molar-refractivity contribution is 7.89. The molecule has 7 heteroatoms. The van der Waals surface area contributed by atoms with E-state index in [0.29, 0.717) is 29.6 Å². The molecule has 0 radical (unpaired) electrons. The predicted molar refractivity (Wildman–Crippen MR) is 101 cm³/mol. The Bertz CT molecular complexity index is 956. The summed E-state index contributed by atoms with van der Waals surface area (Å²) in [7, 11) is -3.45. The number of rotatable bonds is 3. The van der Waals surface area contributed by atoms with Gasteiger partial charge in [-0.25, -0.2) is 13.4 Å². The molecule has 130 valence electrons. The number of sulfonamides is 1. The van der Waals surface area contributed by atoms with Crippen molar-refractivity contribution in [3.63, 3.8) is 0 Å². The monoisotopic (exact) mass is 373 g/mol. The number of nitrogen functional groups attached to an aromatic ring is 1. The van der Waals surface area contributed by atoms with Crippen LogP contribution in [0.1, 0.15) is 23.8 Å². The molecule has 25 heavy (non-hydrogen) atoms.